The fourth-order valence-corrected chi connectivity index (χ4v) is 4.09. The molecule has 0 aliphatic carbocycles. The lowest BCUT2D eigenvalue weighted by atomic mass is 9.96. The van der Waals surface area contributed by atoms with Crippen molar-refractivity contribution in [1.82, 2.24) is 30.6 Å². The average Bonchev–Trinajstić information content (AvgIpc) is 3.52. The number of H-pyrrole nitrogens is 1. The first-order valence-corrected chi connectivity index (χ1v) is 11.7. The van der Waals surface area contributed by atoms with E-state index in [1.807, 2.05) is 58.0 Å². The smallest absolute Gasteiger partial charge is 0.315 e. The van der Waals surface area contributed by atoms with Crippen LogP contribution in [0.25, 0.3) is 22.2 Å². The molecule has 1 saturated heterocycles. The minimum Gasteiger partial charge on any atom is -0.378 e. The van der Waals surface area contributed by atoms with Crippen LogP contribution in [0.3, 0.4) is 0 Å². The van der Waals surface area contributed by atoms with E-state index >= 15 is 0 Å². The molecule has 10 nitrogen and oxygen atoms in total. The number of amides is 1. The summed E-state index contributed by atoms with van der Waals surface area (Å²) in [7, 11) is 0. The molecule has 35 heavy (non-hydrogen) atoms. The van der Waals surface area contributed by atoms with Gasteiger partial charge >= 0.3 is 11.8 Å². The van der Waals surface area contributed by atoms with Crippen LogP contribution >= 0.6 is 0 Å². The van der Waals surface area contributed by atoms with Crippen molar-refractivity contribution in [3.8, 4) is 11.1 Å². The number of fused-ring (bicyclic) bond motifs is 1. The van der Waals surface area contributed by atoms with E-state index in [1.54, 1.807) is 6.20 Å². The van der Waals surface area contributed by atoms with Crippen LogP contribution in [-0.4, -0.2) is 57.5 Å². The Kier molecular flexibility index (Phi) is 5.98. The molecule has 0 saturated carbocycles. The van der Waals surface area contributed by atoms with Gasteiger partial charge in [0, 0.05) is 24.7 Å². The summed E-state index contributed by atoms with van der Waals surface area (Å²) >= 11 is 0. The highest BCUT2D eigenvalue weighted by Gasteiger charge is 2.25. The van der Waals surface area contributed by atoms with Crippen LogP contribution in [0.4, 0.5) is 5.82 Å². The normalized spacial score (nSPS) is 15.4. The second-order valence-electron chi connectivity index (χ2n) is 9.72. The first-order chi connectivity index (χ1) is 16.8. The second kappa shape index (κ2) is 9.10. The summed E-state index contributed by atoms with van der Waals surface area (Å²) in [6.45, 7) is 10.8. The Bertz CT molecular complexity index is 1330. The number of ether oxygens (including phenoxy) is 1. The number of carbonyl (C=O) groups excluding carboxylic acids is 1. The van der Waals surface area contributed by atoms with Crippen LogP contribution in [0.15, 0.2) is 41.1 Å². The number of carbonyl (C=O) groups is 1. The summed E-state index contributed by atoms with van der Waals surface area (Å²) in [4.78, 5) is 23.5. The van der Waals surface area contributed by atoms with Gasteiger partial charge in [0.05, 0.1) is 24.6 Å². The van der Waals surface area contributed by atoms with Crippen LogP contribution in [0.5, 0.6) is 0 Å². The van der Waals surface area contributed by atoms with Crippen molar-refractivity contribution in [3.05, 3.63) is 53.8 Å². The van der Waals surface area contributed by atoms with E-state index in [1.165, 1.54) is 0 Å². The lowest BCUT2D eigenvalue weighted by molar-refractivity contribution is 0.0895. The quantitative estimate of drug-likeness (QED) is 0.449. The predicted octanol–water partition coefficient (Wildman–Crippen LogP) is 3.63. The molecule has 1 amide bonds. The molecule has 0 bridgehead atoms. The molecule has 1 aliphatic rings. The molecule has 1 fully saturated rings. The van der Waals surface area contributed by atoms with Crippen molar-refractivity contribution in [2.45, 2.75) is 39.2 Å². The van der Waals surface area contributed by atoms with Crippen LogP contribution in [0.1, 0.15) is 55.8 Å². The fourth-order valence-electron chi connectivity index (χ4n) is 4.09. The van der Waals surface area contributed by atoms with Crippen molar-refractivity contribution in [2.75, 3.05) is 31.2 Å². The Morgan fingerprint density at radius 2 is 1.89 bits per heavy atom. The molecule has 10 heteroatoms. The molecule has 0 spiro atoms. The van der Waals surface area contributed by atoms with E-state index in [0.717, 1.165) is 46.6 Å². The summed E-state index contributed by atoms with van der Waals surface area (Å²) in [5.41, 5.74) is 3.51. The van der Waals surface area contributed by atoms with E-state index in [0.29, 0.717) is 19.0 Å². The molecule has 1 unspecified atom stereocenters. The molecule has 1 atom stereocenters. The van der Waals surface area contributed by atoms with Gasteiger partial charge in [0.15, 0.2) is 17.3 Å². The SMILES string of the molecule is CC(NC(=O)c1nc(C(C)(C)C)no1)c1ccc(-c2ccnc3[nH]nc(N4CCOCC4)c23)cc1. The number of benzene rings is 1. The van der Waals surface area contributed by atoms with Gasteiger partial charge in [-0.25, -0.2) is 4.98 Å². The lowest BCUT2D eigenvalue weighted by Crippen LogP contribution is -2.36. The largest absolute Gasteiger partial charge is 0.378 e. The molecule has 182 valence electrons. The first kappa shape index (κ1) is 23.0. The zero-order valence-electron chi connectivity index (χ0n) is 20.3. The highest BCUT2D eigenvalue weighted by atomic mass is 16.5. The van der Waals surface area contributed by atoms with Crippen LogP contribution < -0.4 is 10.2 Å². The van der Waals surface area contributed by atoms with Gasteiger partial charge < -0.3 is 19.5 Å². The van der Waals surface area contributed by atoms with E-state index in [4.69, 9.17) is 9.26 Å². The van der Waals surface area contributed by atoms with Crippen molar-refractivity contribution >= 4 is 22.8 Å². The molecular formula is C25H29N7O3. The third kappa shape index (κ3) is 4.61. The van der Waals surface area contributed by atoms with E-state index in [2.05, 4.69) is 35.5 Å². The number of morpholine rings is 1. The van der Waals surface area contributed by atoms with Gasteiger partial charge in [-0.2, -0.15) is 10.1 Å². The third-order valence-electron chi connectivity index (χ3n) is 6.11. The predicted molar refractivity (Wildman–Crippen MR) is 131 cm³/mol. The Hall–Kier alpha value is -3.79. The molecule has 1 aromatic carbocycles. The van der Waals surface area contributed by atoms with Gasteiger partial charge in [0.2, 0.25) is 0 Å². The van der Waals surface area contributed by atoms with E-state index < -0.39 is 5.91 Å². The zero-order chi connectivity index (χ0) is 24.6. The third-order valence-corrected chi connectivity index (χ3v) is 6.11. The van der Waals surface area contributed by atoms with Crippen molar-refractivity contribution in [2.24, 2.45) is 0 Å². The number of hydrogen-bond acceptors (Lipinski definition) is 8. The molecule has 4 aromatic rings. The maximum atomic E-state index is 12.6. The number of hydrogen-bond donors (Lipinski definition) is 2. The maximum Gasteiger partial charge on any atom is 0.315 e. The topological polar surface area (TPSA) is 122 Å². The fraction of sp³-hybridized carbons (Fsp3) is 0.400. The molecule has 2 N–H and O–H groups in total. The van der Waals surface area contributed by atoms with Gasteiger partial charge in [-0.1, -0.05) is 50.2 Å². The molecule has 0 radical (unpaired) electrons. The summed E-state index contributed by atoms with van der Waals surface area (Å²) in [5.74, 6) is 0.964. The monoisotopic (exact) mass is 475 g/mol. The number of pyridine rings is 1. The van der Waals surface area contributed by atoms with Gasteiger partial charge in [-0.3, -0.25) is 9.89 Å². The zero-order valence-corrected chi connectivity index (χ0v) is 20.3. The maximum absolute atomic E-state index is 12.6. The minimum atomic E-state index is -0.394. The molecule has 4 heterocycles. The minimum absolute atomic E-state index is 0.0341. The number of rotatable bonds is 5. The Labute approximate surface area is 203 Å². The average molecular weight is 476 g/mol. The number of aromatic amines is 1. The first-order valence-electron chi connectivity index (χ1n) is 11.7. The molecule has 5 rings (SSSR count). The molecule has 1 aliphatic heterocycles. The highest BCUT2D eigenvalue weighted by Crippen LogP contribution is 2.34. The van der Waals surface area contributed by atoms with Crippen LogP contribution in [0.2, 0.25) is 0 Å². The van der Waals surface area contributed by atoms with Crippen LogP contribution in [-0.2, 0) is 10.2 Å². The van der Waals surface area contributed by atoms with E-state index in [-0.39, 0.29) is 17.3 Å². The van der Waals surface area contributed by atoms with Gasteiger partial charge in [0.1, 0.15) is 0 Å². The summed E-state index contributed by atoms with van der Waals surface area (Å²) in [6.07, 6.45) is 1.78. The van der Waals surface area contributed by atoms with E-state index in [9.17, 15) is 4.79 Å². The summed E-state index contributed by atoms with van der Waals surface area (Å²) < 4.78 is 10.7. The van der Waals surface area contributed by atoms with Crippen LogP contribution in [0, 0.1) is 0 Å². The summed E-state index contributed by atoms with van der Waals surface area (Å²) in [6, 6.07) is 9.88. The highest BCUT2D eigenvalue weighted by molar-refractivity contribution is 6.00. The number of nitrogens with zero attached hydrogens (tertiary/aromatic N) is 5. The lowest BCUT2D eigenvalue weighted by Gasteiger charge is -2.27. The van der Waals surface area contributed by atoms with Gasteiger partial charge in [0.25, 0.3) is 0 Å². The van der Waals surface area contributed by atoms with Crippen molar-refractivity contribution in [1.29, 1.82) is 0 Å². The molecule has 3 aromatic heterocycles. The Balaban J connectivity index is 1.36. The second-order valence-corrected chi connectivity index (χ2v) is 9.72. The summed E-state index contributed by atoms with van der Waals surface area (Å²) in [5, 5.41) is 15.5. The molecular weight excluding hydrogens is 446 g/mol. The number of nitrogens with one attached hydrogen (secondary N) is 2. The Morgan fingerprint density at radius 3 is 2.57 bits per heavy atom. The number of anilines is 1. The number of aromatic nitrogens is 5. The van der Waals surface area contributed by atoms with Crippen molar-refractivity contribution in [3.63, 3.8) is 0 Å². The Morgan fingerprint density at radius 1 is 1.14 bits per heavy atom. The standard InChI is InChI=1S/C25H29N7O3/c1-15(27-22(33)23-28-24(31-35-23)25(2,3)4)16-5-7-17(8-6-16)18-9-10-26-20-19(18)21(30-29-20)32-11-13-34-14-12-32/h5-10,15H,11-14H2,1-4H3,(H,27,33)(H,26,29,30). The van der Waals surface area contributed by atoms with Gasteiger partial charge in [-0.15, -0.1) is 0 Å². The van der Waals surface area contributed by atoms with Crippen molar-refractivity contribution < 1.29 is 14.1 Å². The van der Waals surface area contributed by atoms with Gasteiger partial charge in [-0.05, 0) is 29.7 Å².